The number of anilines is 1. The third-order valence-electron chi connectivity index (χ3n) is 2.88. The zero-order valence-electron chi connectivity index (χ0n) is 12.9. The molecule has 126 valence electrons. The van der Waals surface area contributed by atoms with Gasteiger partial charge in [0.15, 0.2) is 6.61 Å². The van der Waals surface area contributed by atoms with Crippen LogP contribution in [-0.2, 0) is 14.3 Å². The van der Waals surface area contributed by atoms with Gasteiger partial charge in [0.05, 0.1) is 17.7 Å². The monoisotopic (exact) mass is 348 g/mol. The normalized spacial score (nSPS) is 9.88. The lowest BCUT2D eigenvalue weighted by molar-refractivity contribution is -0.146. The van der Waals surface area contributed by atoms with E-state index in [1.807, 2.05) is 0 Å². The van der Waals surface area contributed by atoms with Crippen molar-refractivity contribution in [3.05, 3.63) is 46.7 Å². The van der Waals surface area contributed by atoms with Gasteiger partial charge in [-0.1, -0.05) is 18.2 Å². The summed E-state index contributed by atoms with van der Waals surface area (Å²) in [5.41, 5.74) is 0.479. The highest BCUT2D eigenvalue weighted by atomic mass is 32.1. The zero-order chi connectivity index (χ0) is 17.4. The smallest absolute Gasteiger partial charge is 0.325 e. The van der Waals surface area contributed by atoms with Crippen molar-refractivity contribution in [1.82, 2.24) is 5.32 Å². The molecule has 2 N–H and O–H groups in total. The number of thiophene rings is 1. The molecule has 2 rings (SSSR count). The molecule has 2 aromatic rings. The van der Waals surface area contributed by atoms with Crippen LogP contribution < -0.4 is 15.4 Å². The summed E-state index contributed by atoms with van der Waals surface area (Å²) in [7, 11) is 1.49. The van der Waals surface area contributed by atoms with Crippen LogP contribution in [0.3, 0.4) is 0 Å². The highest BCUT2D eigenvalue weighted by Gasteiger charge is 2.12. The molecule has 0 aliphatic rings. The summed E-state index contributed by atoms with van der Waals surface area (Å²) in [5.74, 6) is -1.06. The molecule has 0 fully saturated rings. The third-order valence-corrected chi connectivity index (χ3v) is 3.75. The molecular formula is C16H16N2O5S. The molecule has 0 radical (unpaired) electrons. The first-order chi connectivity index (χ1) is 11.6. The fraction of sp³-hybridized carbons (Fsp3) is 0.188. The average molecular weight is 348 g/mol. The molecule has 2 amide bonds. The Morgan fingerprint density at radius 1 is 1.12 bits per heavy atom. The number of amides is 2. The molecular weight excluding hydrogens is 332 g/mol. The van der Waals surface area contributed by atoms with Crippen molar-refractivity contribution < 1.29 is 23.9 Å². The van der Waals surface area contributed by atoms with Gasteiger partial charge in [0, 0.05) is 0 Å². The van der Waals surface area contributed by atoms with E-state index in [1.54, 1.807) is 41.8 Å². The lowest BCUT2D eigenvalue weighted by Gasteiger charge is -2.10. The van der Waals surface area contributed by atoms with E-state index in [1.165, 1.54) is 18.4 Å². The maximum Gasteiger partial charge on any atom is 0.325 e. The zero-order valence-corrected chi connectivity index (χ0v) is 13.7. The van der Waals surface area contributed by atoms with Gasteiger partial charge in [-0.25, -0.2) is 0 Å². The molecule has 0 spiro atoms. The number of benzene rings is 1. The molecule has 1 aromatic carbocycles. The van der Waals surface area contributed by atoms with Crippen molar-refractivity contribution in [2.45, 2.75) is 0 Å². The van der Waals surface area contributed by atoms with Crippen LogP contribution in [0.25, 0.3) is 0 Å². The highest BCUT2D eigenvalue weighted by Crippen LogP contribution is 2.22. The molecule has 0 atom stereocenters. The summed E-state index contributed by atoms with van der Waals surface area (Å²) in [6.07, 6.45) is 0. The van der Waals surface area contributed by atoms with Crippen molar-refractivity contribution in [3.8, 4) is 5.75 Å². The van der Waals surface area contributed by atoms with E-state index in [2.05, 4.69) is 10.6 Å². The maximum atomic E-state index is 11.8. The van der Waals surface area contributed by atoms with Crippen LogP contribution in [0.2, 0.25) is 0 Å². The first-order valence-electron chi connectivity index (χ1n) is 7.00. The van der Waals surface area contributed by atoms with Gasteiger partial charge in [-0.15, -0.1) is 11.3 Å². The number of methoxy groups -OCH3 is 1. The summed E-state index contributed by atoms with van der Waals surface area (Å²) < 4.78 is 9.92. The molecule has 0 aliphatic heterocycles. The van der Waals surface area contributed by atoms with E-state index in [0.29, 0.717) is 16.3 Å². The number of nitrogens with one attached hydrogen (secondary N) is 2. The highest BCUT2D eigenvalue weighted by molar-refractivity contribution is 7.12. The Kier molecular flexibility index (Phi) is 6.32. The topological polar surface area (TPSA) is 93.7 Å². The minimum Gasteiger partial charge on any atom is -0.495 e. The maximum absolute atomic E-state index is 11.8. The summed E-state index contributed by atoms with van der Waals surface area (Å²) in [5, 5.41) is 6.76. The summed E-state index contributed by atoms with van der Waals surface area (Å²) >= 11 is 1.27. The quantitative estimate of drug-likeness (QED) is 0.743. The van der Waals surface area contributed by atoms with Gasteiger partial charge >= 0.3 is 5.97 Å². The lowest BCUT2D eigenvalue weighted by atomic mass is 10.3. The van der Waals surface area contributed by atoms with Crippen LogP contribution in [0.15, 0.2) is 41.8 Å². The molecule has 0 saturated heterocycles. The number of rotatable bonds is 7. The van der Waals surface area contributed by atoms with Gasteiger partial charge in [-0.2, -0.15) is 0 Å². The van der Waals surface area contributed by atoms with E-state index in [9.17, 15) is 14.4 Å². The van der Waals surface area contributed by atoms with E-state index < -0.39 is 18.5 Å². The second kappa shape index (κ2) is 8.68. The van der Waals surface area contributed by atoms with Crippen LogP contribution in [0.5, 0.6) is 5.75 Å². The minimum absolute atomic E-state index is 0.307. The number of carbonyl (C=O) groups excluding carboxylic acids is 3. The Hall–Kier alpha value is -2.87. The predicted octanol–water partition coefficient (Wildman–Crippen LogP) is 1.67. The van der Waals surface area contributed by atoms with Crippen LogP contribution in [0, 0.1) is 0 Å². The molecule has 7 nitrogen and oxygen atoms in total. The lowest BCUT2D eigenvalue weighted by Crippen LogP contribution is -2.31. The van der Waals surface area contributed by atoms with Crippen LogP contribution in [0.4, 0.5) is 5.69 Å². The van der Waals surface area contributed by atoms with Crippen molar-refractivity contribution >= 4 is 34.8 Å². The number of carbonyl (C=O) groups is 3. The molecule has 24 heavy (non-hydrogen) atoms. The van der Waals surface area contributed by atoms with E-state index >= 15 is 0 Å². The minimum atomic E-state index is -0.699. The first kappa shape index (κ1) is 17.5. The Morgan fingerprint density at radius 2 is 1.92 bits per heavy atom. The standard InChI is InChI=1S/C16H16N2O5S/c1-22-12-6-3-2-5-11(12)18-14(19)10-23-15(20)9-17-16(21)13-7-4-8-24-13/h2-8H,9-10H2,1H3,(H,17,21)(H,18,19). The van der Waals surface area contributed by atoms with Crippen molar-refractivity contribution in [2.24, 2.45) is 0 Å². The van der Waals surface area contributed by atoms with Crippen LogP contribution in [0.1, 0.15) is 9.67 Å². The molecule has 0 saturated carbocycles. The average Bonchev–Trinajstić information content (AvgIpc) is 3.13. The van der Waals surface area contributed by atoms with Crippen molar-refractivity contribution in [1.29, 1.82) is 0 Å². The Morgan fingerprint density at radius 3 is 2.62 bits per heavy atom. The third kappa shape index (κ3) is 5.10. The Bertz CT molecular complexity index is 715. The SMILES string of the molecule is COc1ccccc1NC(=O)COC(=O)CNC(=O)c1cccs1. The number of esters is 1. The molecule has 1 aromatic heterocycles. The largest absolute Gasteiger partial charge is 0.495 e. The number of hydrogen-bond acceptors (Lipinski definition) is 6. The summed E-state index contributed by atoms with van der Waals surface area (Å²) in [6.45, 7) is -0.759. The predicted molar refractivity (Wildman–Crippen MR) is 89.2 cm³/mol. The van der Waals surface area contributed by atoms with Gasteiger partial charge in [-0.3, -0.25) is 14.4 Å². The molecule has 1 heterocycles. The summed E-state index contributed by atoms with van der Waals surface area (Å²) in [4.78, 5) is 35.5. The van der Waals surface area contributed by atoms with Gasteiger partial charge in [0.25, 0.3) is 11.8 Å². The van der Waals surface area contributed by atoms with E-state index in [0.717, 1.165) is 0 Å². The van der Waals surface area contributed by atoms with E-state index in [-0.39, 0.29) is 12.5 Å². The fourth-order valence-electron chi connectivity index (χ4n) is 1.78. The number of ether oxygens (including phenoxy) is 2. The van der Waals surface area contributed by atoms with Gasteiger partial charge < -0.3 is 20.1 Å². The Labute approximate surface area is 142 Å². The fourth-order valence-corrected chi connectivity index (χ4v) is 2.42. The number of para-hydroxylation sites is 2. The van der Waals surface area contributed by atoms with Gasteiger partial charge in [-0.05, 0) is 23.6 Å². The van der Waals surface area contributed by atoms with Gasteiger partial charge in [0.1, 0.15) is 12.3 Å². The molecule has 8 heteroatoms. The van der Waals surface area contributed by atoms with Crippen LogP contribution >= 0.6 is 11.3 Å². The molecule has 0 unspecified atom stereocenters. The van der Waals surface area contributed by atoms with Crippen molar-refractivity contribution in [3.63, 3.8) is 0 Å². The Balaban J connectivity index is 1.73. The molecule has 0 bridgehead atoms. The molecule has 0 aliphatic carbocycles. The first-order valence-corrected chi connectivity index (χ1v) is 7.88. The second-order valence-electron chi connectivity index (χ2n) is 4.57. The number of hydrogen-bond donors (Lipinski definition) is 2. The second-order valence-corrected chi connectivity index (χ2v) is 5.52. The van der Waals surface area contributed by atoms with E-state index in [4.69, 9.17) is 9.47 Å². The van der Waals surface area contributed by atoms with Crippen molar-refractivity contribution in [2.75, 3.05) is 25.6 Å². The van der Waals surface area contributed by atoms with Gasteiger partial charge in [0.2, 0.25) is 0 Å². The summed E-state index contributed by atoms with van der Waals surface area (Å²) in [6, 6.07) is 10.3. The van der Waals surface area contributed by atoms with Crippen LogP contribution in [-0.4, -0.2) is 38.0 Å².